The fraction of sp³-hybridized carbons (Fsp3) is 0.333. The van der Waals surface area contributed by atoms with Crippen molar-refractivity contribution < 1.29 is 23.1 Å². The van der Waals surface area contributed by atoms with Gasteiger partial charge in [0.1, 0.15) is 11.6 Å². The third-order valence-corrected chi connectivity index (χ3v) is 4.67. The maximum atomic E-state index is 12.6. The molecule has 1 amide bonds. The maximum absolute atomic E-state index is 12.6. The second-order valence-corrected chi connectivity index (χ2v) is 6.74. The third-order valence-electron chi connectivity index (χ3n) is 4.43. The normalized spacial score (nSPS) is 15.6. The first-order valence-corrected chi connectivity index (χ1v) is 8.69. The van der Waals surface area contributed by atoms with Gasteiger partial charge in [-0.3, -0.25) is 4.79 Å². The van der Waals surface area contributed by atoms with Crippen LogP contribution in [0.3, 0.4) is 0 Å². The predicted molar refractivity (Wildman–Crippen MR) is 95.1 cm³/mol. The number of nitrogens with one attached hydrogen (secondary N) is 1. The van der Waals surface area contributed by atoms with Crippen LogP contribution >= 0.6 is 11.6 Å². The van der Waals surface area contributed by atoms with E-state index in [0.717, 1.165) is 12.3 Å². The van der Waals surface area contributed by atoms with Crippen LogP contribution in [0, 0.1) is 0 Å². The van der Waals surface area contributed by atoms with E-state index in [9.17, 15) is 23.1 Å². The number of halogens is 4. The Balaban J connectivity index is 1.57. The summed E-state index contributed by atoms with van der Waals surface area (Å²) < 4.78 is 37.8. The van der Waals surface area contributed by atoms with Gasteiger partial charge >= 0.3 is 6.18 Å². The molecule has 0 saturated carbocycles. The second-order valence-electron chi connectivity index (χ2n) is 6.30. The lowest BCUT2D eigenvalue weighted by atomic mass is 10.0. The molecule has 0 unspecified atom stereocenters. The van der Waals surface area contributed by atoms with E-state index in [2.05, 4.69) is 10.3 Å². The Labute approximate surface area is 158 Å². The number of aromatic hydroxyl groups is 1. The molecule has 2 aromatic rings. The molecule has 0 bridgehead atoms. The molecular weight excluding hydrogens is 383 g/mol. The van der Waals surface area contributed by atoms with Gasteiger partial charge in [-0.25, -0.2) is 4.98 Å². The number of rotatable bonds is 3. The van der Waals surface area contributed by atoms with Crippen LogP contribution in [0.4, 0.5) is 19.0 Å². The van der Waals surface area contributed by atoms with E-state index in [-0.39, 0.29) is 17.4 Å². The van der Waals surface area contributed by atoms with Crippen LogP contribution in [0.25, 0.3) is 0 Å². The number of amides is 1. The first kappa shape index (κ1) is 19.3. The molecule has 1 fully saturated rings. The highest BCUT2D eigenvalue weighted by molar-refractivity contribution is 6.31. The van der Waals surface area contributed by atoms with Crippen molar-refractivity contribution in [1.29, 1.82) is 0 Å². The number of pyridine rings is 1. The van der Waals surface area contributed by atoms with Crippen molar-refractivity contribution >= 4 is 23.3 Å². The monoisotopic (exact) mass is 399 g/mol. The summed E-state index contributed by atoms with van der Waals surface area (Å²) in [6.07, 6.45) is -2.37. The molecule has 0 radical (unpaired) electrons. The van der Waals surface area contributed by atoms with Crippen molar-refractivity contribution in [2.24, 2.45) is 0 Å². The number of anilines is 1. The molecule has 0 atom stereocenters. The fourth-order valence-electron chi connectivity index (χ4n) is 2.95. The van der Waals surface area contributed by atoms with Crippen molar-refractivity contribution in [3.05, 3.63) is 52.7 Å². The number of phenols is 1. The van der Waals surface area contributed by atoms with Crippen molar-refractivity contribution in [3.63, 3.8) is 0 Å². The molecule has 0 aliphatic carbocycles. The van der Waals surface area contributed by atoms with E-state index in [1.165, 1.54) is 24.3 Å². The number of benzene rings is 1. The standard InChI is InChI=1S/C18H17ClF3N3O2/c19-12-2-3-15(26)14(9-12)17(27)24-13-5-7-25(8-6-13)16-4-1-11(10-23-16)18(20,21)22/h1-4,9-10,13,26H,5-8H2,(H,24,27). The number of carbonyl (C=O) groups is 1. The van der Waals surface area contributed by atoms with Crippen LogP contribution in [0.15, 0.2) is 36.5 Å². The quantitative estimate of drug-likeness (QED) is 0.822. The number of hydrogen-bond acceptors (Lipinski definition) is 4. The summed E-state index contributed by atoms with van der Waals surface area (Å²) in [5.41, 5.74) is -0.677. The number of carbonyl (C=O) groups excluding carboxylic acids is 1. The molecule has 3 rings (SSSR count). The van der Waals surface area contributed by atoms with Crippen LogP contribution < -0.4 is 10.2 Å². The van der Waals surface area contributed by atoms with Crippen LogP contribution in [0.1, 0.15) is 28.8 Å². The fourth-order valence-corrected chi connectivity index (χ4v) is 3.12. The molecule has 1 saturated heterocycles. The zero-order chi connectivity index (χ0) is 19.6. The molecular formula is C18H17ClF3N3O2. The SMILES string of the molecule is O=C(NC1CCN(c2ccc(C(F)(F)F)cn2)CC1)c1cc(Cl)ccc1O. The second kappa shape index (κ2) is 7.64. The summed E-state index contributed by atoms with van der Waals surface area (Å²) in [7, 11) is 0. The Kier molecular flexibility index (Phi) is 5.46. The summed E-state index contributed by atoms with van der Waals surface area (Å²) in [5, 5.41) is 13.0. The molecule has 2 N–H and O–H groups in total. The molecule has 5 nitrogen and oxygen atoms in total. The Morgan fingerprint density at radius 3 is 2.52 bits per heavy atom. The van der Waals surface area contributed by atoms with Gasteiger partial charge in [-0.1, -0.05) is 11.6 Å². The minimum atomic E-state index is -4.41. The minimum absolute atomic E-state index is 0.106. The summed E-state index contributed by atoms with van der Waals surface area (Å²) in [4.78, 5) is 18.1. The third kappa shape index (κ3) is 4.63. The first-order valence-electron chi connectivity index (χ1n) is 8.31. The molecule has 9 heteroatoms. The number of hydrogen-bond donors (Lipinski definition) is 2. The lowest BCUT2D eigenvalue weighted by Gasteiger charge is -2.33. The molecule has 1 aliphatic heterocycles. The number of alkyl halides is 3. The van der Waals surface area contributed by atoms with E-state index < -0.39 is 17.6 Å². The highest BCUT2D eigenvalue weighted by atomic mass is 35.5. The molecule has 2 heterocycles. The van der Waals surface area contributed by atoms with E-state index >= 15 is 0 Å². The van der Waals surface area contributed by atoms with E-state index in [0.29, 0.717) is 36.8 Å². The van der Waals surface area contributed by atoms with Crippen molar-refractivity contribution in [3.8, 4) is 5.75 Å². The van der Waals surface area contributed by atoms with E-state index in [1.807, 2.05) is 4.90 Å². The summed E-state index contributed by atoms with van der Waals surface area (Å²) in [5.74, 6) is -0.0929. The van der Waals surface area contributed by atoms with Gasteiger partial charge in [0.25, 0.3) is 5.91 Å². The number of phenolic OH excluding ortho intramolecular Hbond substituents is 1. The molecule has 1 aliphatic rings. The number of aromatic nitrogens is 1. The Bertz CT molecular complexity index is 820. The topological polar surface area (TPSA) is 65.5 Å². The Morgan fingerprint density at radius 1 is 1.22 bits per heavy atom. The minimum Gasteiger partial charge on any atom is -0.507 e. The van der Waals surface area contributed by atoms with E-state index in [1.54, 1.807) is 0 Å². The van der Waals surface area contributed by atoms with Gasteiger partial charge in [-0.2, -0.15) is 13.2 Å². The largest absolute Gasteiger partial charge is 0.507 e. The van der Waals surface area contributed by atoms with E-state index in [4.69, 9.17) is 11.6 Å². The summed E-state index contributed by atoms with van der Waals surface area (Å²) in [6, 6.07) is 6.50. The lowest BCUT2D eigenvalue weighted by Crippen LogP contribution is -2.45. The van der Waals surface area contributed by atoms with Crippen molar-refractivity contribution in [1.82, 2.24) is 10.3 Å². The van der Waals surface area contributed by atoms with Gasteiger partial charge in [-0.15, -0.1) is 0 Å². The molecule has 144 valence electrons. The van der Waals surface area contributed by atoms with Gasteiger partial charge in [0, 0.05) is 30.4 Å². The van der Waals surface area contributed by atoms with Gasteiger partial charge in [-0.05, 0) is 43.2 Å². The first-order chi connectivity index (χ1) is 12.7. The van der Waals surface area contributed by atoms with Crippen LogP contribution in [0.2, 0.25) is 5.02 Å². The number of piperidine rings is 1. The van der Waals surface area contributed by atoms with Gasteiger partial charge in [0.2, 0.25) is 0 Å². The molecule has 1 aromatic carbocycles. The van der Waals surface area contributed by atoms with Gasteiger partial charge < -0.3 is 15.3 Å². The van der Waals surface area contributed by atoms with Crippen molar-refractivity contribution in [2.45, 2.75) is 25.1 Å². The Morgan fingerprint density at radius 2 is 1.93 bits per heavy atom. The maximum Gasteiger partial charge on any atom is 0.417 e. The highest BCUT2D eigenvalue weighted by Gasteiger charge is 2.31. The lowest BCUT2D eigenvalue weighted by molar-refractivity contribution is -0.137. The zero-order valence-corrected chi connectivity index (χ0v) is 14.9. The Hall–Kier alpha value is -2.48. The smallest absolute Gasteiger partial charge is 0.417 e. The van der Waals surface area contributed by atoms with Crippen molar-refractivity contribution in [2.75, 3.05) is 18.0 Å². The van der Waals surface area contributed by atoms with Crippen LogP contribution in [0.5, 0.6) is 5.75 Å². The van der Waals surface area contributed by atoms with Crippen LogP contribution in [-0.4, -0.2) is 35.1 Å². The summed E-state index contributed by atoms with van der Waals surface area (Å²) >= 11 is 5.85. The summed E-state index contributed by atoms with van der Waals surface area (Å²) in [6.45, 7) is 1.09. The molecule has 0 spiro atoms. The predicted octanol–water partition coefficient (Wildman–Crippen LogP) is 3.86. The average Bonchev–Trinajstić information content (AvgIpc) is 2.63. The average molecular weight is 400 g/mol. The molecule has 1 aromatic heterocycles. The highest BCUT2D eigenvalue weighted by Crippen LogP contribution is 2.30. The van der Waals surface area contributed by atoms with Crippen LogP contribution in [-0.2, 0) is 6.18 Å². The van der Waals surface area contributed by atoms with Gasteiger partial charge in [0.15, 0.2) is 0 Å². The molecule has 27 heavy (non-hydrogen) atoms. The zero-order valence-electron chi connectivity index (χ0n) is 14.1. The number of nitrogens with zero attached hydrogens (tertiary/aromatic N) is 2. The van der Waals surface area contributed by atoms with Gasteiger partial charge in [0.05, 0.1) is 11.1 Å².